The van der Waals surface area contributed by atoms with E-state index in [1.54, 1.807) is 0 Å². The van der Waals surface area contributed by atoms with Gasteiger partial charge in [0.25, 0.3) is 0 Å². The third-order valence-corrected chi connectivity index (χ3v) is 7.00. The van der Waals surface area contributed by atoms with Gasteiger partial charge in [0.05, 0.1) is 24.9 Å². The second-order valence-corrected chi connectivity index (χ2v) is 8.85. The maximum absolute atomic E-state index is 11.0. The maximum Gasteiger partial charge on any atom is 0.126 e. The molecule has 2 aliphatic rings. The molecule has 2 aliphatic heterocycles. The lowest BCUT2D eigenvalue weighted by Gasteiger charge is -2.42. The second kappa shape index (κ2) is 8.70. The lowest BCUT2D eigenvalue weighted by atomic mass is 9.81. The number of aryl methyl sites for hydroxylation is 1. The predicted molar refractivity (Wildman–Crippen MR) is 118 cm³/mol. The number of fused-ring (bicyclic) bond motifs is 1. The molecule has 0 aliphatic carbocycles. The molecule has 4 rings (SSSR count). The van der Waals surface area contributed by atoms with Crippen LogP contribution in [0, 0.1) is 12.8 Å². The molecular formula is C26H34O4. The molecule has 0 amide bonds. The van der Waals surface area contributed by atoms with E-state index in [1.807, 2.05) is 13.8 Å². The predicted octanol–water partition coefficient (Wildman–Crippen LogP) is 4.29. The van der Waals surface area contributed by atoms with Crippen molar-refractivity contribution in [1.29, 1.82) is 0 Å². The molecule has 4 nitrogen and oxygen atoms in total. The van der Waals surface area contributed by atoms with Crippen LogP contribution in [0.5, 0.6) is 5.75 Å². The largest absolute Gasteiger partial charge is 0.493 e. The van der Waals surface area contributed by atoms with Crippen molar-refractivity contribution in [2.75, 3.05) is 6.61 Å². The topological polar surface area (TPSA) is 58.9 Å². The van der Waals surface area contributed by atoms with Gasteiger partial charge in [0, 0.05) is 24.3 Å². The molecule has 2 heterocycles. The SMILES string of the molecule is CCc1ccc(Cc2cc([C@@H]3O[C@H](CC)[C@H](O)[C@H](C)C3O)c(C)c3c2OCC3)cc1. The molecule has 4 heteroatoms. The second-order valence-electron chi connectivity index (χ2n) is 8.85. The molecule has 1 fully saturated rings. The highest BCUT2D eigenvalue weighted by atomic mass is 16.5. The Morgan fingerprint density at radius 1 is 1.03 bits per heavy atom. The van der Waals surface area contributed by atoms with Gasteiger partial charge in [-0.15, -0.1) is 0 Å². The zero-order chi connectivity index (χ0) is 21.4. The minimum Gasteiger partial charge on any atom is -0.493 e. The molecule has 0 bridgehead atoms. The van der Waals surface area contributed by atoms with Gasteiger partial charge in [-0.05, 0) is 53.6 Å². The summed E-state index contributed by atoms with van der Waals surface area (Å²) in [7, 11) is 0. The van der Waals surface area contributed by atoms with Crippen LogP contribution >= 0.6 is 0 Å². The Morgan fingerprint density at radius 2 is 1.73 bits per heavy atom. The number of benzene rings is 2. The van der Waals surface area contributed by atoms with E-state index in [1.165, 1.54) is 16.7 Å². The van der Waals surface area contributed by atoms with Gasteiger partial charge in [0.1, 0.15) is 11.9 Å². The maximum atomic E-state index is 11.0. The summed E-state index contributed by atoms with van der Waals surface area (Å²) in [5.41, 5.74) is 7.14. The summed E-state index contributed by atoms with van der Waals surface area (Å²) < 4.78 is 12.3. The molecule has 5 atom stereocenters. The van der Waals surface area contributed by atoms with Gasteiger partial charge < -0.3 is 19.7 Å². The summed E-state index contributed by atoms with van der Waals surface area (Å²) in [5.74, 6) is 0.767. The van der Waals surface area contributed by atoms with Crippen molar-refractivity contribution < 1.29 is 19.7 Å². The van der Waals surface area contributed by atoms with E-state index < -0.39 is 18.3 Å². The van der Waals surface area contributed by atoms with Crippen molar-refractivity contribution in [3.05, 3.63) is 63.7 Å². The smallest absolute Gasteiger partial charge is 0.126 e. The molecule has 0 radical (unpaired) electrons. The average Bonchev–Trinajstić information content (AvgIpc) is 3.26. The first-order valence-corrected chi connectivity index (χ1v) is 11.3. The molecule has 0 aromatic heterocycles. The summed E-state index contributed by atoms with van der Waals surface area (Å²) >= 11 is 0. The minimum absolute atomic E-state index is 0.234. The standard InChI is InChI=1S/C26H34O4/c1-5-17-7-9-18(10-8-17)13-19-14-21(15(3)20-11-12-29-25(19)20)26-24(28)16(4)23(27)22(6-2)30-26/h7-10,14,16,22-24,26-28H,5-6,11-13H2,1-4H3/t16-,22+,23+,24?,26-/m0/s1. The monoisotopic (exact) mass is 410 g/mol. The fourth-order valence-corrected chi connectivity index (χ4v) is 4.94. The van der Waals surface area contributed by atoms with Gasteiger partial charge in [-0.25, -0.2) is 0 Å². The van der Waals surface area contributed by atoms with E-state index in [0.29, 0.717) is 6.61 Å². The number of aliphatic hydroxyl groups excluding tert-OH is 2. The van der Waals surface area contributed by atoms with Crippen molar-refractivity contribution in [3.8, 4) is 5.75 Å². The number of ether oxygens (including phenoxy) is 2. The Kier molecular flexibility index (Phi) is 6.19. The van der Waals surface area contributed by atoms with Crippen LogP contribution in [0.2, 0.25) is 0 Å². The van der Waals surface area contributed by atoms with Crippen LogP contribution in [-0.2, 0) is 24.0 Å². The Bertz CT molecular complexity index is 887. The van der Waals surface area contributed by atoms with Crippen LogP contribution in [0.25, 0.3) is 0 Å². The van der Waals surface area contributed by atoms with E-state index in [9.17, 15) is 10.2 Å². The van der Waals surface area contributed by atoms with E-state index in [2.05, 4.69) is 44.2 Å². The highest BCUT2D eigenvalue weighted by Gasteiger charge is 2.43. The minimum atomic E-state index is -0.737. The summed E-state index contributed by atoms with van der Waals surface area (Å²) in [6.07, 6.45) is 1.36. The molecule has 1 unspecified atom stereocenters. The number of aliphatic hydroxyl groups is 2. The summed E-state index contributed by atoms with van der Waals surface area (Å²) in [6, 6.07) is 10.9. The zero-order valence-electron chi connectivity index (χ0n) is 18.5. The van der Waals surface area contributed by atoms with E-state index in [-0.39, 0.29) is 12.0 Å². The van der Waals surface area contributed by atoms with Crippen LogP contribution in [-0.4, -0.2) is 35.1 Å². The van der Waals surface area contributed by atoms with Gasteiger partial charge in [-0.2, -0.15) is 0 Å². The Balaban J connectivity index is 1.72. The third kappa shape index (κ3) is 3.77. The molecule has 30 heavy (non-hydrogen) atoms. The van der Waals surface area contributed by atoms with Crippen LogP contribution in [0.4, 0.5) is 0 Å². The van der Waals surface area contributed by atoms with Gasteiger partial charge in [0.2, 0.25) is 0 Å². The van der Waals surface area contributed by atoms with Crippen molar-refractivity contribution in [2.24, 2.45) is 5.92 Å². The Morgan fingerprint density at radius 3 is 2.40 bits per heavy atom. The molecule has 2 aromatic carbocycles. The van der Waals surface area contributed by atoms with Crippen LogP contribution in [0.3, 0.4) is 0 Å². The number of rotatable bonds is 5. The first-order chi connectivity index (χ1) is 14.4. The molecule has 2 N–H and O–H groups in total. The van der Waals surface area contributed by atoms with E-state index in [0.717, 1.165) is 48.1 Å². The zero-order valence-corrected chi connectivity index (χ0v) is 18.5. The highest BCUT2D eigenvalue weighted by Crippen LogP contribution is 2.43. The number of hydrogen-bond donors (Lipinski definition) is 2. The van der Waals surface area contributed by atoms with Gasteiger partial charge in [-0.3, -0.25) is 0 Å². The van der Waals surface area contributed by atoms with Crippen molar-refractivity contribution in [1.82, 2.24) is 0 Å². The van der Waals surface area contributed by atoms with Crippen LogP contribution in [0.15, 0.2) is 30.3 Å². The lowest BCUT2D eigenvalue weighted by molar-refractivity contribution is -0.199. The first kappa shape index (κ1) is 21.4. The third-order valence-electron chi connectivity index (χ3n) is 7.00. The van der Waals surface area contributed by atoms with Crippen molar-refractivity contribution in [2.45, 2.75) is 77.8 Å². The fourth-order valence-electron chi connectivity index (χ4n) is 4.94. The Hall–Kier alpha value is -1.88. The molecule has 0 spiro atoms. The summed E-state index contributed by atoms with van der Waals surface area (Å²) in [5, 5.41) is 21.5. The fraction of sp³-hybridized carbons (Fsp3) is 0.538. The van der Waals surface area contributed by atoms with Crippen LogP contribution < -0.4 is 4.74 Å². The molecule has 0 saturated carbocycles. The van der Waals surface area contributed by atoms with Crippen molar-refractivity contribution in [3.63, 3.8) is 0 Å². The van der Waals surface area contributed by atoms with E-state index >= 15 is 0 Å². The normalized spacial score (nSPS) is 28.3. The van der Waals surface area contributed by atoms with Gasteiger partial charge in [0.15, 0.2) is 0 Å². The molecular weight excluding hydrogens is 376 g/mol. The van der Waals surface area contributed by atoms with E-state index in [4.69, 9.17) is 9.47 Å². The van der Waals surface area contributed by atoms with Crippen LogP contribution in [0.1, 0.15) is 66.7 Å². The number of hydrogen-bond acceptors (Lipinski definition) is 4. The quantitative estimate of drug-likeness (QED) is 0.772. The van der Waals surface area contributed by atoms with Crippen molar-refractivity contribution >= 4 is 0 Å². The average molecular weight is 411 g/mol. The highest BCUT2D eigenvalue weighted by molar-refractivity contribution is 5.54. The van der Waals surface area contributed by atoms with Gasteiger partial charge in [-0.1, -0.05) is 45.0 Å². The summed E-state index contributed by atoms with van der Waals surface area (Å²) in [4.78, 5) is 0. The first-order valence-electron chi connectivity index (χ1n) is 11.3. The Labute approximate surface area is 179 Å². The molecule has 2 aromatic rings. The lowest BCUT2D eigenvalue weighted by Crippen LogP contribution is -2.49. The molecule has 162 valence electrons. The van der Waals surface area contributed by atoms with Gasteiger partial charge >= 0.3 is 0 Å². The molecule has 1 saturated heterocycles. The summed E-state index contributed by atoms with van der Waals surface area (Å²) in [6.45, 7) is 8.90.